The van der Waals surface area contributed by atoms with E-state index in [1.165, 1.54) is 12.8 Å². The van der Waals surface area contributed by atoms with Gasteiger partial charge in [0.05, 0.1) is 0 Å². The van der Waals surface area contributed by atoms with Gasteiger partial charge in [0.25, 0.3) is 0 Å². The van der Waals surface area contributed by atoms with Crippen LogP contribution in [0.3, 0.4) is 0 Å². The molecule has 2 heteroatoms. The number of halogens is 1. The predicted molar refractivity (Wildman–Crippen MR) is 38.7 cm³/mol. The quantitative estimate of drug-likeness (QED) is 0.497. The number of piperidine rings is 1. The zero-order chi connectivity index (χ0) is 7.14. The Kier molecular flexibility index (Phi) is 1.44. The highest BCUT2D eigenvalue weighted by Gasteiger charge is 2.41. The standard InChI is InChI=1S/C8H14FN/c1-10-6-3-2-4-8(10)7(9)5-6/h6-8H,2-5H2,1H3/t6-,7-,8+/m0/s1. The van der Waals surface area contributed by atoms with Crippen molar-refractivity contribution in [1.82, 2.24) is 4.90 Å². The number of nitrogens with zero attached hydrogens (tertiary/aromatic N) is 1. The zero-order valence-electron chi connectivity index (χ0n) is 6.39. The molecule has 0 N–H and O–H groups in total. The molecule has 10 heavy (non-hydrogen) atoms. The lowest BCUT2D eigenvalue weighted by Gasteiger charge is -2.30. The molecule has 2 rings (SSSR count). The molecule has 1 nitrogen and oxygen atoms in total. The molecular weight excluding hydrogens is 129 g/mol. The summed E-state index contributed by atoms with van der Waals surface area (Å²) in [5.41, 5.74) is 0. The molecule has 0 aromatic carbocycles. The van der Waals surface area contributed by atoms with Crippen molar-refractivity contribution in [3.63, 3.8) is 0 Å². The van der Waals surface area contributed by atoms with Gasteiger partial charge in [0.1, 0.15) is 6.17 Å². The zero-order valence-corrected chi connectivity index (χ0v) is 6.39. The van der Waals surface area contributed by atoms with Crippen molar-refractivity contribution in [2.45, 2.75) is 43.9 Å². The van der Waals surface area contributed by atoms with Crippen LogP contribution in [0.4, 0.5) is 4.39 Å². The molecule has 0 saturated carbocycles. The predicted octanol–water partition coefficient (Wildman–Crippen LogP) is 1.58. The van der Waals surface area contributed by atoms with Crippen molar-refractivity contribution in [2.75, 3.05) is 7.05 Å². The van der Waals surface area contributed by atoms with Crippen molar-refractivity contribution in [3.8, 4) is 0 Å². The summed E-state index contributed by atoms with van der Waals surface area (Å²) >= 11 is 0. The van der Waals surface area contributed by atoms with Crippen LogP contribution in [0.15, 0.2) is 0 Å². The molecule has 2 aliphatic heterocycles. The molecule has 2 fully saturated rings. The molecule has 2 aliphatic rings. The van der Waals surface area contributed by atoms with Crippen LogP contribution in [0, 0.1) is 0 Å². The SMILES string of the molecule is CN1[C@H]2CCC[C@@H]1[C@@H](F)C2. The van der Waals surface area contributed by atoms with Crippen molar-refractivity contribution in [2.24, 2.45) is 0 Å². The van der Waals surface area contributed by atoms with E-state index in [9.17, 15) is 4.39 Å². The Morgan fingerprint density at radius 2 is 2.20 bits per heavy atom. The maximum absolute atomic E-state index is 13.1. The molecule has 0 unspecified atom stereocenters. The summed E-state index contributed by atoms with van der Waals surface area (Å²) in [7, 11) is 2.06. The van der Waals surface area contributed by atoms with Gasteiger partial charge in [-0.25, -0.2) is 4.39 Å². The second kappa shape index (κ2) is 2.19. The van der Waals surface area contributed by atoms with Gasteiger partial charge in [-0.05, 0) is 26.3 Å². The maximum Gasteiger partial charge on any atom is 0.117 e. The minimum atomic E-state index is -0.530. The minimum Gasteiger partial charge on any atom is -0.297 e. The first-order chi connectivity index (χ1) is 4.79. The molecule has 0 radical (unpaired) electrons. The van der Waals surface area contributed by atoms with Crippen LogP contribution in [0.1, 0.15) is 25.7 Å². The van der Waals surface area contributed by atoms with Crippen molar-refractivity contribution >= 4 is 0 Å². The Morgan fingerprint density at radius 1 is 1.40 bits per heavy atom. The molecule has 2 heterocycles. The van der Waals surface area contributed by atoms with Gasteiger partial charge >= 0.3 is 0 Å². The Labute approximate surface area is 61.2 Å². The minimum absolute atomic E-state index is 0.263. The molecule has 0 aliphatic carbocycles. The van der Waals surface area contributed by atoms with E-state index in [1.54, 1.807) is 0 Å². The van der Waals surface area contributed by atoms with E-state index in [2.05, 4.69) is 11.9 Å². The van der Waals surface area contributed by atoms with Crippen LogP contribution in [-0.2, 0) is 0 Å². The lowest BCUT2D eigenvalue weighted by atomic mass is 10.0. The highest BCUT2D eigenvalue weighted by molar-refractivity contribution is 4.95. The average molecular weight is 143 g/mol. The smallest absolute Gasteiger partial charge is 0.117 e. The summed E-state index contributed by atoms with van der Waals surface area (Å²) < 4.78 is 13.1. The average Bonchev–Trinajstić information content (AvgIpc) is 2.16. The summed E-state index contributed by atoms with van der Waals surface area (Å²) in [6.45, 7) is 0. The highest BCUT2D eigenvalue weighted by atomic mass is 19.1. The van der Waals surface area contributed by atoms with Gasteiger partial charge in [-0.3, -0.25) is 4.90 Å². The number of alkyl halides is 1. The van der Waals surface area contributed by atoms with E-state index >= 15 is 0 Å². The summed E-state index contributed by atoms with van der Waals surface area (Å²) in [6.07, 6.45) is 3.79. The second-order valence-corrected chi connectivity index (χ2v) is 3.57. The fourth-order valence-corrected chi connectivity index (χ4v) is 2.38. The van der Waals surface area contributed by atoms with Gasteiger partial charge in [-0.15, -0.1) is 0 Å². The number of hydrogen-bond acceptors (Lipinski definition) is 1. The van der Waals surface area contributed by atoms with Gasteiger partial charge in [-0.1, -0.05) is 6.42 Å². The molecule has 0 amide bonds. The van der Waals surface area contributed by atoms with Crippen LogP contribution < -0.4 is 0 Å². The molecule has 0 spiro atoms. The van der Waals surface area contributed by atoms with E-state index in [0.717, 1.165) is 12.8 Å². The highest BCUT2D eigenvalue weighted by Crippen LogP contribution is 2.35. The van der Waals surface area contributed by atoms with E-state index < -0.39 is 6.17 Å². The van der Waals surface area contributed by atoms with E-state index in [0.29, 0.717) is 6.04 Å². The van der Waals surface area contributed by atoms with Crippen LogP contribution in [0.5, 0.6) is 0 Å². The van der Waals surface area contributed by atoms with Gasteiger partial charge < -0.3 is 0 Å². The molecule has 0 aromatic rings. The maximum atomic E-state index is 13.1. The first-order valence-electron chi connectivity index (χ1n) is 4.15. The summed E-state index contributed by atoms with van der Waals surface area (Å²) in [5.74, 6) is 0. The van der Waals surface area contributed by atoms with Gasteiger partial charge in [0.2, 0.25) is 0 Å². The molecule has 3 atom stereocenters. The monoisotopic (exact) mass is 143 g/mol. The molecular formula is C8H14FN. The van der Waals surface area contributed by atoms with Crippen LogP contribution in [0.25, 0.3) is 0 Å². The third-order valence-corrected chi connectivity index (χ3v) is 3.05. The van der Waals surface area contributed by atoms with Gasteiger partial charge in [0, 0.05) is 12.1 Å². The third-order valence-electron chi connectivity index (χ3n) is 3.05. The fraction of sp³-hybridized carbons (Fsp3) is 1.00. The lowest BCUT2D eigenvalue weighted by molar-refractivity contribution is 0.151. The Bertz CT molecular complexity index is 137. The fourth-order valence-electron chi connectivity index (χ4n) is 2.38. The van der Waals surface area contributed by atoms with Crippen molar-refractivity contribution in [3.05, 3.63) is 0 Å². The van der Waals surface area contributed by atoms with Crippen molar-refractivity contribution in [1.29, 1.82) is 0 Å². The van der Waals surface area contributed by atoms with E-state index in [1.807, 2.05) is 0 Å². The molecule has 2 saturated heterocycles. The Balaban J connectivity index is 2.14. The Hall–Kier alpha value is -0.110. The number of fused-ring (bicyclic) bond motifs is 2. The molecule has 2 bridgehead atoms. The van der Waals surface area contributed by atoms with Crippen LogP contribution >= 0.6 is 0 Å². The first kappa shape index (κ1) is 6.59. The number of rotatable bonds is 0. The normalized spacial score (nSPS) is 48.0. The topological polar surface area (TPSA) is 3.24 Å². The summed E-state index contributed by atoms with van der Waals surface area (Å²) in [6, 6.07) is 0.826. The van der Waals surface area contributed by atoms with Gasteiger partial charge in [0.15, 0.2) is 0 Å². The van der Waals surface area contributed by atoms with E-state index in [-0.39, 0.29) is 6.04 Å². The van der Waals surface area contributed by atoms with Crippen LogP contribution in [-0.4, -0.2) is 30.2 Å². The lowest BCUT2D eigenvalue weighted by Crippen LogP contribution is -2.37. The third kappa shape index (κ3) is 0.782. The summed E-state index contributed by atoms with van der Waals surface area (Å²) in [5, 5.41) is 0. The second-order valence-electron chi connectivity index (χ2n) is 3.57. The first-order valence-corrected chi connectivity index (χ1v) is 4.15. The number of hydrogen-bond donors (Lipinski definition) is 0. The molecule has 58 valence electrons. The Morgan fingerprint density at radius 3 is 2.80 bits per heavy atom. The van der Waals surface area contributed by atoms with Gasteiger partial charge in [-0.2, -0.15) is 0 Å². The van der Waals surface area contributed by atoms with Crippen LogP contribution in [0.2, 0.25) is 0 Å². The summed E-state index contributed by atoms with van der Waals surface area (Å²) in [4.78, 5) is 2.23. The largest absolute Gasteiger partial charge is 0.297 e. The van der Waals surface area contributed by atoms with Crippen molar-refractivity contribution < 1.29 is 4.39 Å². The van der Waals surface area contributed by atoms with E-state index in [4.69, 9.17) is 0 Å². The molecule has 0 aromatic heterocycles.